The molecule has 45 heavy (non-hydrogen) atoms. The topological polar surface area (TPSA) is 72.6 Å². The number of carbonyl (C=O) groups is 1. The maximum Gasteiger partial charge on any atom is 0.416 e. The van der Waals surface area contributed by atoms with E-state index in [1.54, 1.807) is 17.0 Å². The molecule has 4 heterocycles. The van der Waals surface area contributed by atoms with Gasteiger partial charge in [-0.15, -0.1) is 0 Å². The molecule has 0 radical (unpaired) electrons. The second kappa shape index (κ2) is 13.6. The van der Waals surface area contributed by atoms with Crippen molar-refractivity contribution >= 4 is 16.9 Å². The van der Waals surface area contributed by atoms with Crippen LogP contribution in [0.4, 0.5) is 13.2 Å². The summed E-state index contributed by atoms with van der Waals surface area (Å²) in [5.41, 5.74) is 1.76. The van der Waals surface area contributed by atoms with Crippen molar-refractivity contribution in [3.8, 4) is 0 Å². The number of fused-ring (bicyclic) bond motifs is 1. The van der Waals surface area contributed by atoms with Crippen molar-refractivity contribution in [2.45, 2.75) is 57.6 Å². The van der Waals surface area contributed by atoms with E-state index in [0.29, 0.717) is 38.1 Å². The van der Waals surface area contributed by atoms with E-state index in [-0.39, 0.29) is 42.2 Å². The van der Waals surface area contributed by atoms with E-state index in [9.17, 15) is 22.8 Å². The van der Waals surface area contributed by atoms with Gasteiger partial charge in [0.2, 0.25) is 5.91 Å². The lowest BCUT2D eigenvalue weighted by molar-refractivity contribution is -0.138. The van der Waals surface area contributed by atoms with Gasteiger partial charge in [0.1, 0.15) is 0 Å². The van der Waals surface area contributed by atoms with Gasteiger partial charge in [-0.1, -0.05) is 30.3 Å². The Morgan fingerprint density at radius 1 is 0.867 bits per heavy atom. The van der Waals surface area contributed by atoms with E-state index in [2.05, 4.69) is 9.88 Å². The van der Waals surface area contributed by atoms with E-state index >= 15 is 0 Å². The van der Waals surface area contributed by atoms with Crippen molar-refractivity contribution < 1.29 is 22.7 Å². The summed E-state index contributed by atoms with van der Waals surface area (Å²) in [6.45, 7) is 4.25. The van der Waals surface area contributed by atoms with Crippen LogP contribution in [0, 0.1) is 5.92 Å². The third-order valence-corrected chi connectivity index (χ3v) is 9.09. The molecule has 2 aliphatic rings. The molecule has 2 aromatic carbocycles. The molecule has 4 aromatic rings. The molecule has 0 bridgehead atoms. The lowest BCUT2D eigenvalue weighted by Crippen LogP contribution is -2.46. The molecule has 0 N–H and O–H groups in total. The molecular weight excluding hydrogens is 583 g/mol. The highest BCUT2D eigenvalue weighted by atomic mass is 19.4. The van der Waals surface area contributed by atoms with Gasteiger partial charge in [0.05, 0.1) is 36.4 Å². The van der Waals surface area contributed by atoms with Crippen LogP contribution >= 0.6 is 0 Å². The Morgan fingerprint density at radius 3 is 2.27 bits per heavy atom. The highest BCUT2D eigenvalue weighted by molar-refractivity contribution is 5.79. The van der Waals surface area contributed by atoms with E-state index in [1.807, 2.05) is 47.4 Å². The smallest absolute Gasteiger partial charge is 0.375 e. The van der Waals surface area contributed by atoms with Crippen molar-refractivity contribution in [3.05, 3.63) is 100 Å². The van der Waals surface area contributed by atoms with Crippen LogP contribution in [0.25, 0.3) is 11.0 Å². The van der Waals surface area contributed by atoms with Crippen LogP contribution in [-0.4, -0.2) is 62.6 Å². The minimum Gasteiger partial charge on any atom is -0.375 e. The molecule has 8 nitrogen and oxygen atoms in total. The first-order valence-electron chi connectivity index (χ1n) is 15.6. The Labute approximate surface area is 260 Å². The Kier molecular flexibility index (Phi) is 9.37. The predicted molar refractivity (Wildman–Crippen MR) is 164 cm³/mol. The van der Waals surface area contributed by atoms with E-state index in [0.717, 1.165) is 50.2 Å². The summed E-state index contributed by atoms with van der Waals surface area (Å²) in [5.74, 6) is 0.147. The number of ether oxygens (including phenoxy) is 1. The number of rotatable bonds is 9. The largest absolute Gasteiger partial charge is 0.416 e. The zero-order valence-corrected chi connectivity index (χ0v) is 25.2. The molecule has 238 valence electrons. The second-order valence-corrected chi connectivity index (χ2v) is 12.0. The highest BCUT2D eigenvalue weighted by Crippen LogP contribution is 2.33. The third-order valence-electron chi connectivity index (χ3n) is 9.09. The zero-order chi connectivity index (χ0) is 31.4. The quantitative estimate of drug-likeness (QED) is 0.231. The first-order chi connectivity index (χ1) is 21.8. The maximum absolute atomic E-state index is 13.7. The number of pyridine rings is 1. The van der Waals surface area contributed by atoms with E-state index in [1.165, 1.54) is 16.2 Å². The molecule has 0 aliphatic carbocycles. The molecule has 2 aromatic heterocycles. The summed E-state index contributed by atoms with van der Waals surface area (Å²) in [7, 11) is 0. The number of aromatic nitrogens is 3. The van der Waals surface area contributed by atoms with Gasteiger partial charge in [0.15, 0.2) is 0 Å². The molecular formula is C34H38F3N5O3. The van der Waals surface area contributed by atoms with Crippen LogP contribution in [0.1, 0.15) is 48.4 Å². The number of nitrogens with zero attached hydrogens (tertiary/aromatic N) is 5. The first-order valence-corrected chi connectivity index (χ1v) is 15.6. The summed E-state index contributed by atoms with van der Waals surface area (Å²) in [5, 5.41) is 0. The third kappa shape index (κ3) is 7.15. The number of alkyl halides is 3. The predicted octanol–water partition coefficient (Wildman–Crippen LogP) is 5.51. The molecule has 0 saturated carbocycles. The zero-order valence-electron chi connectivity index (χ0n) is 25.2. The van der Waals surface area contributed by atoms with Gasteiger partial charge in [-0.3, -0.25) is 23.8 Å². The van der Waals surface area contributed by atoms with Crippen molar-refractivity contribution in [1.29, 1.82) is 0 Å². The van der Waals surface area contributed by atoms with E-state index < -0.39 is 11.7 Å². The Morgan fingerprint density at radius 2 is 1.58 bits per heavy atom. The van der Waals surface area contributed by atoms with Gasteiger partial charge >= 0.3 is 11.9 Å². The number of halogens is 3. The fraction of sp³-hybridized carbons (Fsp3) is 0.441. The molecule has 0 atom stereocenters. The molecule has 6 rings (SSSR count). The fourth-order valence-electron chi connectivity index (χ4n) is 6.63. The number of likely N-dealkylation sites (tertiary alicyclic amines) is 2. The summed E-state index contributed by atoms with van der Waals surface area (Å²) < 4.78 is 49.7. The van der Waals surface area contributed by atoms with Crippen LogP contribution < -0.4 is 5.69 Å². The van der Waals surface area contributed by atoms with Crippen LogP contribution in [0.15, 0.2) is 77.9 Å². The van der Waals surface area contributed by atoms with Gasteiger partial charge in [-0.05, 0) is 80.2 Å². The van der Waals surface area contributed by atoms with Crippen LogP contribution in [0.3, 0.4) is 0 Å². The van der Waals surface area contributed by atoms with Gasteiger partial charge in [0.25, 0.3) is 0 Å². The number of hydrogen-bond donors (Lipinski definition) is 0. The monoisotopic (exact) mass is 621 g/mol. The Hall–Kier alpha value is -3.96. The van der Waals surface area contributed by atoms with Gasteiger partial charge in [0, 0.05) is 44.0 Å². The SMILES string of the molecule is O=C(C1CCN(Cc2ccncc2)CC1)N1CCC(n2c(=O)n(CCOCc3ccccc3)c3cc(C(F)(F)F)ccc32)CC1. The second-order valence-electron chi connectivity index (χ2n) is 12.0. The number of benzene rings is 2. The van der Waals surface area contributed by atoms with Crippen LogP contribution in [0.2, 0.25) is 0 Å². The fourth-order valence-corrected chi connectivity index (χ4v) is 6.63. The standard InChI is InChI=1S/C34H38F3N5O3/c35-34(36,37)28-6-7-30-31(22-28)41(20-21-45-24-26-4-2-1-3-5-26)33(44)42(30)29-12-18-40(19-13-29)32(43)27-10-16-39(17-11-27)23-25-8-14-38-15-9-25/h1-9,14-15,22,27,29H,10-13,16-21,23-24H2. The normalized spacial score (nSPS) is 17.3. The highest BCUT2D eigenvalue weighted by Gasteiger charge is 2.34. The molecule has 0 unspecified atom stereocenters. The number of amides is 1. The van der Waals surface area contributed by atoms with Crippen LogP contribution in [-0.2, 0) is 35.4 Å². The molecule has 1 amide bonds. The number of piperidine rings is 2. The molecule has 2 saturated heterocycles. The average molecular weight is 622 g/mol. The molecule has 2 aliphatic heterocycles. The van der Waals surface area contributed by atoms with E-state index in [4.69, 9.17) is 4.74 Å². The minimum absolute atomic E-state index is 0.0171. The Bertz CT molecular complexity index is 1640. The summed E-state index contributed by atoms with van der Waals surface area (Å²) in [6, 6.07) is 16.9. The van der Waals surface area contributed by atoms with Crippen LogP contribution in [0.5, 0.6) is 0 Å². The van der Waals surface area contributed by atoms with Gasteiger partial charge < -0.3 is 9.64 Å². The number of carbonyl (C=O) groups excluding carboxylic acids is 1. The molecule has 2 fully saturated rings. The van der Waals surface area contributed by atoms with Gasteiger partial charge in [-0.2, -0.15) is 13.2 Å². The number of hydrogen-bond acceptors (Lipinski definition) is 5. The molecule has 0 spiro atoms. The summed E-state index contributed by atoms with van der Waals surface area (Å²) in [6.07, 6.45) is 1.82. The van der Waals surface area contributed by atoms with Crippen molar-refractivity contribution in [2.75, 3.05) is 32.8 Å². The first kappa shape index (κ1) is 31.0. The summed E-state index contributed by atoms with van der Waals surface area (Å²) in [4.78, 5) is 35.5. The Balaban J connectivity index is 1.11. The number of imidazole rings is 1. The lowest BCUT2D eigenvalue weighted by Gasteiger charge is -2.37. The van der Waals surface area contributed by atoms with Crippen molar-refractivity contribution in [2.24, 2.45) is 5.92 Å². The average Bonchev–Trinajstić information content (AvgIpc) is 3.34. The lowest BCUT2D eigenvalue weighted by atomic mass is 9.93. The maximum atomic E-state index is 13.7. The van der Waals surface area contributed by atoms with Crippen molar-refractivity contribution in [1.82, 2.24) is 23.9 Å². The molecule has 11 heteroatoms. The summed E-state index contributed by atoms with van der Waals surface area (Å²) >= 11 is 0. The van der Waals surface area contributed by atoms with Gasteiger partial charge in [-0.25, -0.2) is 4.79 Å². The van der Waals surface area contributed by atoms with Crippen molar-refractivity contribution in [3.63, 3.8) is 0 Å². The minimum atomic E-state index is -4.53.